The van der Waals surface area contributed by atoms with Crippen LogP contribution in [-0.2, 0) is 10.0 Å². The van der Waals surface area contributed by atoms with Crippen LogP contribution in [-0.4, -0.2) is 68.8 Å². The highest BCUT2D eigenvalue weighted by atomic mass is 35.5. The number of piperazine rings is 1. The second-order valence-electron chi connectivity index (χ2n) is 7.98. The number of aromatic nitrogens is 2. The van der Waals surface area contributed by atoms with Crippen LogP contribution < -0.4 is 14.5 Å². The summed E-state index contributed by atoms with van der Waals surface area (Å²) in [5.74, 6) is 2.14. The third-order valence-electron chi connectivity index (χ3n) is 6.06. The Hall–Kier alpha value is -2.10. The van der Waals surface area contributed by atoms with Crippen molar-refractivity contribution >= 4 is 33.3 Å². The first kappa shape index (κ1) is 22.1. The molecule has 0 radical (unpaired) electrons. The monoisotopic (exact) mass is 465 g/mol. The van der Waals surface area contributed by atoms with Crippen molar-refractivity contribution in [1.29, 1.82) is 0 Å². The van der Waals surface area contributed by atoms with Crippen LogP contribution in [0.4, 0.5) is 11.6 Å². The molecule has 3 heterocycles. The Balaban J connectivity index is 1.40. The van der Waals surface area contributed by atoms with Crippen molar-refractivity contribution in [1.82, 2.24) is 14.5 Å². The molecule has 1 aromatic heterocycles. The van der Waals surface area contributed by atoms with Gasteiger partial charge in [-0.25, -0.2) is 8.42 Å². The van der Waals surface area contributed by atoms with Crippen molar-refractivity contribution in [3.8, 4) is 5.75 Å². The Morgan fingerprint density at radius 3 is 2.32 bits per heavy atom. The lowest BCUT2D eigenvalue weighted by atomic mass is 10.0. The molecule has 1 atom stereocenters. The van der Waals surface area contributed by atoms with E-state index in [-0.39, 0.29) is 9.92 Å². The maximum atomic E-state index is 13.0. The van der Waals surface area contributed by atoms with Crippen molar-refractivity contribution in [3.05, 3.63) is 35.4 Å². The van der Waals surface area contributed by atoms with E-state index in [0.717, 1.165) is 18.2 Å². The van der Waals surface area contributed by atoms with Crippen molar-refractivity contribution in [2.24, 2.45) is 0 Å². The normalized spacial score (nSPS) is 20.7. The number of nitrogens with zero attached hydrogens (tertiary/aromatic N) is 5. The molecule has 0 spiro atoms. The second kappa shape index (κ2) is 9.18. The zero-order valence-corrected chi connectivity index (χ0v) is 19.4. The van der Waals surface area contributed by atoms with Gasteiger partial charge in [0.25, 0.3) is 0 Å². The highest BCUT2D eigenvalue weighted by Gasteiger charge is 2.30. The van der Waals surface area contributed by atoms with Crippen LogP contribution in [0.2, 0.25) is 5.02 Å². The van der Waals surface area contributed by atoms with E-state index in [4.69, 9.17) is 16.3 Å². The topological polar surface area (TPSA) is 78.9 Å². The Labute approximate surface area is 188 Å². The van der Waals surface area contributed by atoms with E-state index in [1.54, 1.807) is 6.07 Å². The molecule has 2 aromatic rings. The maximum absolute atomic E-state index is 13.0. The first-order valence-corrected chi connectivity index (χ1v) is 12.4. The summed E-state index contributed by atoms with van der Waals surface area (Å²) in [5.41, 5.74) is 0. The quantitative estimate of drug-likeness (QED) is 0.671. The Kier molecular flexibility index (Phi) is 6.55. The highest BCUT2D eigenvalue weighted by Crippen LogP contribution is 2.29. The van der Waals surface area contributed by atoms with Crippen LogP contribution in [0.5, 0.6) is 5.75 Å². The van der Waals surface area contributed by atoms with Gasteiger partial charge in [-0.3, -0.25) is 0 Å². The summed E-state index contributed by atoms with van der Waals surface area (Å²) in [6.45, 7) is 5.09. The number of methoxy groups -OCH3 is 1. The fourth-order valence-corrected chi connectivity index (χ4v) is 5.96. The van der Waals surface area contributed by atoms with Gasteiger partial charge < -0.3 is 14.5 Å². The molecule has 0 saturated carbocycles. The van der Waals surface area contributed by atoms with Crippen molar-refractivity contribution in [2.75, 3.05) is 49.6 Å². The minimum atomic E-state index is -3.62. The lowest BCUT2D eigenvalue weighted by Gasteiger charge is -2.35. The number of piperidine rings is 1. The summed E-state index contributed by atoms with van der Waals surface area (Å²) in [6, 6.07) is 9.02. The number of anilines is 2. The van der Waals surface area contributed by atoms with Gasteiger partial charge in [0.05, 0.1) is 17.0 Å². The Morgan fingerprint density at radius 2 is 1.71 bits per heavy atom. The fourth-order valence-electron chi connectivity index (χ4n) is 4.19. The number of rotatable bonds is 5. The van der Waals surface area contributed by atoms with Crippen LogP contribution in [0.3, 0.4) is 0 Å². The van der Waals surface area contributed by atoms with Gasteiger partial charge in [0.15, 0.2) is 11.6 Å². The SMILES string of the molecule is COc1ccc(S(=O)(=O)N2CCN(c3ccc(N4CCCCC4C)nn3)CC2)cc1Cl. The molecule has 31 heavy (non-hydrogen) atoms. The molecule has 0 N–H and O–H groups in total. The average Bonchev–Trinajstić information content (AvgIpc) is 2.79. The van der Waals surface area contributed by atoms with Crippen LogP contribution in [0.15, 0.2) is 35.2 Å². The summed E-state index contributed by atoms with van der Waals surface area (Å²) in [6.07, 6.45) is 3.63. The first-order valence-electron chi connectivity index (χ1n) is 10.6. The van der Waals surface area contributed by atoms with Gasteiger partial charge in [0.1, 0.15) is 5.75 Å². The van der Waals surface area contributed by atoms with E-state index in [2.05, 4.69) is 26.9 Å². The molecule has 1 aromatic carbocycles. The fraction of sp³-hybridized carbons (Fsp3) is 0.524. The number of ether oxygens (including phenoxy) is 1. The van der Waals surface area contributed by atoms with Gasteiger partial charge in [-0.1, -0.05) is 11.6 Å². The summed E-state index contributed by atoms with van der Waals surface area (Å²) in [4.78, 5) is 4.56. The molecule has 2 saturated heterocycles. The van der Waals surface area contributed by atoms with E-state index in [1.165, 1.54) is 42.8 Å². The number of sulfonamides is 1. The minimum absolute atomic E-state index is 0.173. The maximum Gasteiger partial charge on any atom is 0.243 e. The summed E-state index contributed by atoms with van der Waals surface area (Å²) >= 11 is 6.12. The zero-order chi connectivity index (χ0) is 22.0. The van der Waals surface area contributed by atoms with Crippen molar-refractivity contribution in [3.63, 3.8) is 0 Å². The first-order chi connectivity index (χ1) is 14.9. The van der Waals surface area contributed by atoms with E-state index in [1.807, 2.05) is 12.1 Å². The van der Waals surface area contributed by atoms with E-state index < -0.39 is 10.0 Å². The minimum Gasteiger partial charge on any atom is -0.495 e. The molecular weight excluding hydrogens is 438 g/mol. The summed E-state index contributed by atoms with van der Waals surface area (Å²) in [5, 5.41) is 9.15. The number of hydrogen-bond donors (Lipinski definition) is 0. The molecule has 4 rings (SSSR count). The summed E-state index contributed by atoms with van der Waals surface area (Å²) < 4.78 is 32.6. The van der Waals surface area contributed by atoms with Gasteiger partial charge in [-0.2, -0.15) is 4.31 Å². The molecule has 0 aliphatic carbocycles. The van der Waals surface area contributed by atoms with Crippen LogP contribution in [0.1, 0.15) is 26.2 Å². The Morgan fingerprint density at radius 1 is 1.00 bits per heavy atom. The van der Waals surface area contributed by atoms with Crippen LogP contribution in [0.25, 0.3) is 0 Å². The predicted octanol–water partition coefficient (Wildman–Crippen LogP) is 3.03. The van der Waals surface area contributed by atoms with Gasteiger partial charge in [0, 0.05) is 38.8 Å². The van der Waals surface area contributed by atoms with Crippen molar-refractivity contribution < 1.29 is 13.2 Å². The molecule has 2 aliphatic rings. The molecule has 0 amide bonds. The van der Waals surface area contributed by atoms with Crippen molar-refractivity contribution in [2.45, 2.75) is 37.1 Å². The highest BCUT2D eigenvalue weighted by molar-refractivity contribution is 7.89. The van der Waals surface area contributed by atoms with Gasteiger partial charge >= 0.3 is 0 Å². The number of halogens is 1. The molecular formula is C21H28ClN5O3S. The smallest absolute Gasteiger partial charge is 0.243 e. The van der Waals surface area contributed by atoms with Crippen LogP contribution >= 0.6 is 11.6 Å². The molecule has 2 fully saturated rings. The Bertz CT molecular complexity index is 1010. The third kappa shape index (κ3) is 4.58. The van der Waals surface area contributed by atoms with Gasteiger partial charge in [-0.15, -0.1) is 10.2 Å². The second-order valence-corrected chi connectivity index (χ2v) is 10.3. The largest absolute Gasteiger partial charge is 0.495 e. The molecule has 10 heteroatoms. The third-order valence-corrected chi connectivity index (χ3v) is 8.25. The molecule has 168 valence electrons. The average molecular weight is 466 g/mol. The predicted molar refractivity (Wildman–Crippen MR) is 122 cm³/mol. The van der Waals surface area contributed by atoms with E-state index in [0.29, 0.717) is 38.0 Å². The molecule has 0 bridgehead atoms. The molecule has 8 nitrogen and oxygen atoms in total. The lowest BCUT2D eigenvalue weighted by Crippen LogP contribution is -2.49. The number of benzene rings is 1. The zero-order valence-electron chi connectivity index (χ0n) is 17.9. The van der Waals surface area contributed by atoms with Gasteiger partial charge in [-0.05, 0) is 56.5 Å². The van der Waals surface area contributed by atoms with E-state index in [9.17, 15) is 8.42 Å². The standard InChI is InChI=1S/C21H28ClN5O3S/c1-16-5-3-4-10-27(16)21-9-8-20(23-24-21)25-11-13-26(14-12-25)31(28,29)17-6-7-19(30-2)18(22)15-17/h6-9,15-16H,3-5,10-14H2,1-2H3. The van der Waals surface area contributed by atoms with Gasteiger partial charge in [0.2, 0.25) is 10.0 Å². The van der Waals surface area contributed by atoms with E-state index >= 15 is 0 Å². The summed E-state index contributed by atoms with van der Waals surface area (Å²) in [7, 11) is -2.12. The van der Waals surface area contributed by atoms with Crippen LogP contribution in [0, 0.1) is 0 Å². The lowest BCUT2D eigenvalue weighted by molar-refractivity contribution is 0.383. The number of hydrogen-bond acceptors (Lipinski definition) is 7. The molecule has 1 unspecified atom stereocenters. The molecule has 2 aliphatic heterocycles.